The number of phenols is 1. The van der Waals surface area contributed by atoms with Crippen molar-refractivity contribution in [2.45, 2.75) is 74.8 Å². The molecule has 0 spiro atoms. The van der Waals surface area contributed by atoms with E-state index in [0.717, 1.165) is 10.9 Å². The molecule has 21 heteroatoms. The maximum atomic E-state index is 14.2. The number of nitrogens with two attached hydrogens (primary N) is 2. The minimum absolute atomic E-state index is 0.00214. The number of carbonyl (C=O) groups is 8. The van der Waals surface area contributed by atoms with Gasteiger partial charge in [0.05, 0.1) is 19.0 Å². The highest BCUT2D eigenvalue weighted by Crippen LogP contribution is 2.20. The molecule has 0 radical (unpaired) electrons. The van der Waals surface area contributed by atoms with Crippen LogP contribution in [0.5, 0.6) is 5.75 Å². The number of aromatic hydroxyl groups is 1. The number of rotatable bonds is 27. The van der Waals surface area contributed by atoms with Crippen LogP contribution in [0.4, 0.5) is 0 Å². The highest BCUT2D eigenvalue weighted by Gasteiger charge is 2.33. The van der Waals surface area contributed by atoms with Crippen molar-refractivity contribution in [2.75, 3.05) is 30.6 Å². The Morgan fingerprint density at radius 2 is 1.17 bits per heavy atom. The lowest BCUT2D eigenvalue weighted by Gasteiger charge is -2.26. The summed E-state index contributed by atoms with van der Waals surface area (Å²) in [6.07, 6.45) is 4.72. The van der Waals surface area contributed by atoms with Crippen LogP contribution in [0.25, 0.3) is 10.9 Å². The van der Waals surface area contributed by atoms with Gasteiger partial charge in [-0.25, -0.2) is 0 Å². The van der Waals surface area contributed by atoms with Crippen molar-refractivity contribution in [3.05, 3.63) is 102 Å². The zero-order valence-electron chi connectivity index (χ0n) is 36.5. The Kier molecular flexibility index (Phi) is 20.8. The standard InChI is InChI=1S/C45H57N9O10S2/c1-65-18-16-33(51-41(60)31(46)20-27-12-14-29(55)15-13-27)42(61)49-25-38(56)50-36(22-28-24-48-32-11-7-6-10-30(28)32)44(63)52-34(17-19-66-2)43(62)54-37(23-39(57)58)45(64)53-35(40(47)59)21-26-8-4-3-5-9-26/h3-15,24,31,33-37,48,55H,16-23,25,46H2,1-2H3,(H2,47,59)(H,49,61)(H,50,56)(H,51,60)(H,52,63)(H,53,64)(H,54,62)(H,57,58)/t31-,33-,34-,35-,36-,37-/m0/s1. The minimum atomic E-state index is -1.67. The molecule has 19 nitrogen and oxygen atoms in total. The van der Waals surface area contributed by atoms with Crippen molar-refractivity contribution < 1.29 is 48.6 Å². The molecule has 0 fully saturated rings. The summed E-state index contributed by atoms with van der Waals surface area (Å²) in [7, 11) is 0. The van der Waals surface area contributed by atoms with Crippen molar-refractivity contribution in [1.82, 2.24) is 36.9 Å². The molecule has 0 aliphatic heterocycles. The second kappa shape index (κ2) is 26.4. The summed E-state index contributed by atoms with van der Waals surface area (Å²) in [5.41, 5.74) is 14.5. The molecule has 354 valence electrons. The zero-order valence-corrected chi connectivity index (χ0v) is 38.2. The number of H-pyrrole nitrogens is 1. The van der Waals surface area contributed by atoms with E-state index in [1.807, 2.05) is 24.5 Å². The zero-order chi connectivity index (χ0) is 48.2. The number of phenolic OH excluding ortho intramolecular Hbond substituents is 1. The van der Waals surface area contributed by atoms with E-state index >= 15 is 0 Å². The third-order valence-electron chi connectivity index (χ3n) is 10.3. The van der Waals surface area contributed by atoms with Crippen LogP contribution >= 0.6 is 23.5 Å². The second-order valence-corrected chi connectivity index (χ2v) is 17.3. The summed E-state index contributed by atoms with van der Waals surface area (Å²) in [5.74, 6) is -6.16. The molecule has 4 rings (SSSR count). The van der Waals surface area contributed by atoms with Crippen molar-refractivity contribution in [2.24, 2.45) is 11.5 Å². The SMILES string of the molecule is CSCC[C@H](NC(=O)[C@H](Cc1c[nH]c2ccccc12)NC(=O)CNC(=O)[C@H](CCSC)NC(=O)[C@@H](N)Cc1ccc(O)cc1)C(=O)N[C@@H](CC(=O)O)C(=O)N[C@@H](Cc1ccccc1)C(N)=O. The molecule has 0 aliphatic rings. The number of hydrogen-bond acceptors (Lipinski definition) is 12. The maximum absolute atomic E-state index is 14.2. The third kappa shape index (κ3) is 16.8. The number of fused-ring (bicyclic) bond motifs is 1. The van der Waals surface area contributed by atoms with Crippen molar-refractivity contribution in [3.63, 3.8) is 0 Å². The summed E-state index contributed by atoms with van der Waals surface area (Å²) >= 11 is 2.80. The fourth-order valence-electron chi connectivity index (χ4n) is 6.81. The number of benzene rings is 3. The molecule has 1 aromatic heterocycles. The fraction of sp³-hybridized carbons (Fsp3) is 0.378. The van der Waals surface area contributed by atoms with Crippen LogP contribution in [0.3, 0.4) is 0 Å². The lowest BCUT2D eigenvalue weighted by molar-refractivity contribution is -0.141. The van der Waals surface area contributed by atoms with E-state index in [1.165, 1.54) is 35.7 Å². The average molecular weight is 948 g/mol. The Morgan fingerprint density at radius 1 is 0.621 bits per heavy atom. The van der Waals surface area contributed by atoms with E-state index in [9.17, 15) is 48.6 Å². The van der Waals surface area contributed by atoms with E-state index in [4.69, 9.17) is 11.5 Å². The largest absolute Gasteiger partial charge is 0.508 e. The van der Waals surface area contributed by atoms with E-state index in [1.54, 1.807) is 61.0 Å². The molecule has 0 aliphatic carbocycles. The minimum Gasteiger partial charge on any atom is -0.508 e. The molecule has 6 atom stereocenters. The predicted octanol–water partition coefficient (Wildman–Crippen LogP) is 0.235. The molecule has 4 aromatic rings. The third-order valence-corrected chi connectivity index (χ3v) is 11.6. The number of amides is 7. The molecular weight excluding hydrogens is 891 g/mol. The topological polar surface area (TPSA) is 317 Å². The number of carboxylic acids is 1. The predicted molar refractivity (Wildman–Crippen MR) is 252 cm³/mol. The number of para-hydroxylation sites is 1. The molecular formula is C45H57N9O10S2. The Labute approximate surface area is 390 Å². The molecule has 0 unspecified atom stereocenters. The quantitative estimate of drug-likeness (QED) is 0.0382. The highest BCUT2D eigenvalue weighted by atomic mass is 32.2. The van der Waals surface area contributed by atoms with Crippen LogP contribution in [0.15, 0.2) is 85.1 Å². The second-order valence-electron chi connectivity index (χ2n) is 15.4. The van der Waals surface area contributed by atoms with Gasteiger partial charge in [0.15, 0.2) is 0 Å². The van der Waals surface area contributed by atoms with Gasteiger partial charge in [-0.1, -0.05) is 60.7 Å². The van der Waals surface area contributed by atoms with Gasteiger partial charge in [0.2, 0.25) is 41.4 Å². The van der Waals surface area contributed by atoms with Crippen LogP contribution in [-0.2, 0) is 57.6 Å². The lowest BCUT2D eigenvalue weighted by Crippen LogP contribution is -2.59. The smallest absolute Gasteiger partial charge is 0.305 e. The normalized spacial score (nSPS) is 13.7. The number of primary amides is 1. The Bertz CT molecular complexity index is 2300. The first-order valence-electron chi connectivity index (χ1n) is 21.0. The number of thioether (sulfide) groups is 2. The van der Waals surface area contributed by atoms with Crippen LogP contribution in [-0.4, -0.2) is 129 Å². The first kappa shape index (κ1) is 52.0. The molecule has 13 N–H and O–H groups in total. The van der Waals surface area contributed by atoms with E-state index < -0.39 is 96.5 Å². The summed E-state index contributed by atoms with van der Waals surface area (Å²) in [6, 6.07) is 14.5. The van der Waals surface area contributed by atoms with Gasteiger partial charge >= 0.3 is 5.97 Å². The number of aromatic amines is 1. The number of aliphatic carboxylic acids is 1. The maximum Gasteiger partial charge on any atom is 0.305 e. The van der Waals surface area contributed by atoms with E-state index in [-0.39, 0.29) is 37.9 Å². The van der Waals surface area contributed by atoms with Gasteiger partial charge < -0.3 is 58.6 Å². The molecule has 3 aromatic carbocycles. The van der Waals surface area contributed by atoms with Gasteiger partial charge in [0.1, 0.15) is 36.0 Å². The van der Waals surface area contributed by atoms with Crippen molar-refractivity contribution in [3.8, 4) is 5.75 Å². The van der Waals surface area contributed by atoms with Crippen molar-refractivity contribution in [1.29, 1.82) is 0 Å². The summed E-state index contributed by atoms with van der Waals surface area (Å²) in [6.45, 7) is -0.597. The molecule has 0 saturated carbocycles. The van der Waals surface area contributed by atoms with Crippen molar-refractivity contribution >= 4 is 81.7 Å². The molecule has 0 saturated heterocycles. The van der Waals surface area contributed by atoms with Crippen LogP contribution < -0.4 is 43.4 Å². The van der Waals surface area contributed by atoms with Crippen LogP contribution in [0.1, 0.15) is 36.0 Å². The number of carboxylic acid groups (broad SMARTS) is 1. The number of nitrogens with one attached hydrogen (secondary N) is 7. The van der Waals surface area contributed by atoms with Gasteiger partial charge in [-0.2, -0.15) is 23.5 Å². The van der Waals surface area contributed by atoms with Gasteiger partial charge in [-0.05, 0) is 78.2 Å². The number of carbonyl (C=O) groups excluding carboxylic acids is 7. The first-order chi connectivity index (χ1) is 31.6. The fourth-order valence-corrected chi connectivity index (χ4v) is 7.75. The lowest BCUT2D eigenvalue weighted by atomic mass is 10.0. The van der Waals surface area contributed by atoms with E-state index in [2.05, 4.69) is 36.9 Å². The first-order valence-corrected chi connectivity index (χ1v) is 23.8. The van der Waals surface area contributed by atoms with Gasteiger partial charge in [-0.15, -0.1) is 0 Å². The van der Waals surface area contributed by atoms with Gasteiger partial charge in [-0.3, -0.25) is 38.4 Å². The Balaban J connectivity index is 1.49. The molecule has 0 bridgehead atoms. The van der Waals surface area contributed by atoms with Gasteiger partial charge in [0, 0.05) is 29.9 Å². The monoisotopic (exact) mass is 947 g/mol. The molecule has 66 heavy (non-hydrogen) atoms. The van der Waals surface area contributed by atoms with Gasteiger partial charge in [0.25, 0.3) is 0 Å². The summed E-state index contributed by atoms with van der Waals surface area (Å²) in [5, 5.41) is 35.4. The summed E-state index contributed by atoms with van der Waals surface area (Å²) < 4.78 is 0. The average Bonchev–Trinajstić information content (AvgIpc) is 3.70. The highest BCUT2D eigenvalue weighted by molar-refractivity contribution is 7.98. The summed E-state index contributed by atoms with van der Waals surface area (Å²) in [4.78, 5) is 109. The van der Waals surface area contributed by atoms with Crippen LogP contribution in [0.2, 0.25) is 0 Å². The Hall–Kier alpha value is -6.58. The Morgan fingerprint density at radius 3 is 1.80 bits per heavy atom. The number of hydrogen-bond donors (Lipinski definition) is 11. The molecule has 1 heterocycles. The number of aromatic nitrogens is 1. The molecule has 7 amide bonds. The van der Waals surface area contributed by atoms with Crippen LogP contribution in [0, 0.1) is 0 Å². The van der Waals surface area contributed by atoms with E-state index in [0.29, 0.717) is 28.2 Å².